The Morgan fingerprint density at radius 2 is 2.27 bits per heavy atom. The van der Waals surface area contributed by atoms with Crippen molar-refractivity contribution in [2.45, 2.75) is 26.7 Å². The fraction of sp³-hybridized carbons (Fsp3) is 0.455. The van der Waals surface area contributed by atoms with Crippen LogP contribution in [0.5, 0.6) is 0 Å². The van der Waals surface area contributed by atoms with Crippen molar-refractivity contribution < 1.29 is 9.18 Å². The predicted molar refractivity (Wildman–Crippen MR) is 60.3 cm³/mol. The summed E-state index contributed by atoms with van der Waals surface area (Å²) in [6, 6.07) is 1.26. The lowest BCUT2D eigenvalue weighted by atomic mass is 10.0. The second-order valence-corrected chi connectivity index (χ2v) is 4.76. The van der Waals surface area contributed by atoms with E-state index in [-0.39, 0.29) is 11.5 Å². The van der Waals surface area contributed by atoms with Crippen molar-refractivity contribution in [3.63, 3.8) is 0 Å². The van der Waals surface area contributed by atoms with Crippen molar-refractivity contribution >= 4 is 21.7 Å². The maximum atomic E-state index is 13.3. The minimum Gasteiger partial charge on any atom is -0.292 e. The molecule has 0 amide bonds. The highest BCUT2D eigenvalue weighted by Gasteiger charge is 2.13. The highest BCUT2D eigenvalue weighted by Crippen LogP contribution is 2.15. The van der Waals surface area contributed by atoms with E-state index < -0.39 is 5.82 Å². The molecule has 0 saturated heterocycles. The van der Waals surface area contributed by atoms with Gasteiger partial charge in [0.2, 0.25) is 0 Å². The van der Waals surface area contributed by atoms with E-state index in [0.29, 0.717) is 16.8 Å². The van der Waals surface area contributed by atoms with Crippen molar-refractivity contribution in [1.29, 1.82) is 0 Å². The van der Waals surface area contributed by atoms with E-state index in [1.165, 1.54) is 12.3 Å². The van der Waals surface area contributed by atoms with E-state index in [9.17, 15) is 9.18 Å². The van der Waals surface area contributed by atoms with E-state index in [2.05, 4.69) is 20.9 Å². The predicted octanol–water partition coefficient (Wildman–Crippen LogP) is 3.60. The van der Waals surface area contributed by atoms with Crippen LogP contribution >= 0.6 is 15.9 Å². The fourth-order valence-corrected chi connectivity index (χ4v) is 1.46. The summed E-state index contributed by atoms with van der Waals surface area (Å²) in [5.41, 5.74) is -0.0566. The molecule has 0 unspecified atom stereocenters. The average Bonchev–Trinajstić information content (AvgIpc) is 2.14. The molecule has 15 heavy (non-hydrogen) atoms. The van der Waals surface area contributed by atoms with Crippen LogP contribution in [0.2, 0.25) is 0 Å². The van der Waals surface area contributed by atoms with Crippen LogP contribution in [0.25, 0.3) is 0 Å². The van der Waals surface area contributed by atoms with Crippen molar-refractivity contribution in [2.75, 3.05) is 0 Å². The van der Waals surface area contributed by atoms with Gasteiger partial charge in [-0.25, -0.2) is 9.37 Å². The van der Waals surface area contributed by atoms with Gasteiger partial charge in [-0.05, 0) is 34.3 Å². The zero-order valence-corrected chi connectivity index (χ0v) is 10.3. The van der Waals surface area contributed by atoms with Gasteiger partial charge in [0.1, 0.15) is 5.69 Å². The van der Waals surface area contributed by atoms with Crippen LogP contribution in [-0.2, 0) is 0 Å². The van der Waals surface area contributed by atoms with Gasteiger partial charge in [-0.3, -0.25) is 4.79 Å². The van der Waals surface area contributed by atoms with Crippen molar-refractivity contribution in [2.24, 2.45) is 5.92 Å². The smallest absolute Gasteiger partial charge is 0.184 e. The molecular weight excluding hydrogens is 261 g/mol. The maximum Gasteiger partial charge on any atom is 0.184 e. The van der Waals surface area contributed by atoms with E-state index in [4.69, 9.17) is 0 Å². The number of nitrogens with zero attached hydrogens (tertiary/aromatic N) is 1. The van der Waals surface area contributed by atoms with Crippen LogP contribution in [0.1, 0.15) is 37.2 Å². The summed E-state index contributed by atoms with van der Waals surface area (Å²) < 4.78 is 13.9. The molecular formula is C11H13BrFNO. The summed E-state index contributed by atoms with van der Waals surface area (Å²) >= 11 is 3.09. The fourth-order valence-electron chi connectivity index (χ4n) is 1.16. The van der Waals surface area contributed by atoms with Crippen LogP contribution in [0.4, 0.5) is 4.39 Å². The standard InChI is InChI=1S/C11H13BrFNO/c1-7(2)3-4-10(15)11-9(13)5-8(12)6-14-11/h5-7H,3-4H2,1-2H3. The Balaban J connectivity index is 2.74. The van der Waals surface area contributed by atoms with Gasteiger partial charge in [0.25, 0.3) is 0 Å². The lowest BCUT2D eigenvalue weighted by molar-refractivity contribution is 0.0966. The molecule has 1 rings (SSSR count). The average molecular weight is 274 g/mol. The van der Waals surface area contributed by atoms with Gasteiger partial charge in [-0.2, -0.15) is 0 Å². The second kappa shape index (κ2) is 5.35. The minimum atomic E-state index is -0.557. The van der Waals surface area contributed by atoms with Crippen LogP contribution in [-0.4, -0.2) is 10.8 Å². The molecule has 1 heterocycles. The largest absolute Gasteiger partial charge is 0.292 e. The Bertz CT molecular complexity index is 366. The molecule has 0 atom stereocenters. The third-order valence-corrected chi connectivity index (χ3v) is 2.45. The molecule has 0 aliphatic carbocycles. The third-order valence-electron chi connectivity index (χ3n) is 2.02. The van der Waals surface area contributed by atoms with Crippen molar-refractivity contribution in [3.8, 4) is 0 Å². The van der Waals surface area contributed by atoms with Crippen LogP contribution in [0.3, 0.4) is 0 Å². The maximum absolute atomic E-state index is 13.3. The Morgan fingerprint density at radius 1 is 1.60 bits per heavy atom. The van der Waals surface area contributed by atoms with Gasteiger partial charge >= 0.3 is 0 Å². The van der Waals surface area contributed by atoms with Gasteiger partial charge in [0.15, 0.2) is 11.6 Å². The van der Waals surface area contributed by atoms with E-state index >= 15 is 0 Å². The van der Waals surface area contributed by atoms with E-state index in [0.717, 1.165) is 6.42 Å². The van der Waals surface area contributed by atoms with Gasteiger partial charge < -0.3 is 0 Å². The molecule has 1 aromatic heterocycles. The molecule has 0 aromatic carbocycles. The van der Waals surface area contributed by atoms with Crippen LogP contribution in [0.15, 0.2) is 16.7 Å². The third kappa shape index (κ3) is 3.70. The van der Waals surface area contributed by atoms with E-state index in [1.54, 1.807) is 0 Å². The molecule has 0 aliphatic rings. The number of halogens is 2. The molecule has 0 N–H and O–H groups in total. The molecule has 2 nitrogen and oxygen atoms in total. The molecule has 82 valence electrons. The molecule has 0 saturated carbocycles. The monoisotopic (exact) mass is 273 g/mol. The molecule has 0 aliphatic heterocycles. The number of hydrogen-bond donors (Lipinski definition) is 0. The number of Topliss-reactive ketones (excluding diaryl/α,β-unsaturated/α-hetero) is 1. The van der Waals surface area contributed by atoms with Crippen molar-refractivity contribution in [3.05, 3.63) is 28.2 Å². The Hall–Kier alpha value is -0.770. The first-order chi connectivity index (χ1) is 7.00. The summed E-state index contributed by atoms with van der Waals surface area (Å²) in [5, 5.41) is 0. The lowest BCUT2D eigenvalue weighted by Crippen LogP contribution is -2.06. The Morgan fingerprint density at radius 3 is 2.80 bits per heavy atom. The molecule has 0 radical (unpaired) electrons. The number of carbonyl (C=O) groups excluding carboxylic acids is 1. The summed E-state index contributed by atoms with van der Waals surface area (Å²) in [4.78, 5) is 15.3. The summed E-state index contributed by atoms with van der Waals surface area (Å²) in [6.07, 6.45) is 2.55. The number of rotatable bonds is 4. The number of aromatic nitrogens is 1. The quantitative estimate of drug-likeness (QED) is 0.785. The van der Waals surface area contributed by atoms with Gasteiger partial charge in [0.05, 0.1) is 0 Å². The van der Waals surface area contributed by atoms with Gasteiger partial charge in [0, 0.05) is 17.1 Å². The summed E-state index contributed by atoms with van der Waals surface area (Å²) in [7, 11) is 0. The zero-order chi connectivity index (χ0) is 11.4. The number of ketones is 1. The van der Waals surface area contributed by atoms with Gasteiger partial charge in [-0.15, -0.1) is 0 Å². The summed E-state index contributed by atoms with van der Waals surface area (Å²) in [6.45, 7) is 4.05. The summed E-state index contributed by atoms with van der Waals surface area (Å²) in [5.74, 6) is -0.348. The Kier molecular flexibility index (Phi) is 4.39. The number of pyridine rings is 1. The first-order valence-electron chi connectivity index (χ1n) is 4.85. The highest BCUT2D eigenvalue weighted by atomic mass is 79.9. The van der Waals surface area contributed by atoms with Crippen LogP contribution < -0.4 is 0 Å². The first-order valence-corrected chi connectivity index (χ1v) is 5.64. The second-order valence-electron chi connectivity index (χ2n) is 3.84. The van der Waals surface area contributed by atoms with Crippen LogP contribution in [0, 0.1) is 11.7 Å². The molecule has 4 heteroatoms. The minimum absolute atomic E-state index is 0.0566. The Labute approximate surface area is 97.0 Å². The SMILES string of the molecule is CC(C)CCC(=O)c1ncc(Br)cc1F. The number of hydrogen-bond acceptors (Lipinski definition) is 2. The molecule has 1 aromatic rings. The molecule has 0 fully saturated rings. The highest BCUT2D eigenvalue weighted by molar-refractivity contribution is 9.10. The number of carbonyl (C=O) groups is 1. The molecule has 0 bridgehead atoms. The lowest BCUT2D eigenvalue weighted by Gasteiger charge is -2.04. The van der Waals surface area contributed by atoms with E-state index in [1.807, 2.05) is 13.8 Å². The zero-order valence-electron chi connectivity index (χ0n) is 8.76. The van der Waals surface area contributed by atoms with Gasteiger partial charge in [-0.1, -0.05) is 13.8 Å². The first kappa shape index (κ1) is 12.3. The molecule has 0 spiro atoms. The topological polar surface area (TPSA) is 30.0 Å². The normalized spacial score (nSPS) is 10.7. The van der Waals surface area contributed by atoms with Crippen molar-refractivity contribution in [1.82, 2.24) is 4.98 Å².